The summed E-state index contributed by atoms with van der Waals surface area (Å²) in [6.45, 7) is 4.23. The van der Waals surface area contributed by atoms with E-state index >= 15 is 0 Å². The molecule has 1 unspecified atom stereocenters. The number of benzene rings is 4. The van der Waals surface area contributed by atoms with E-state index in [4.69, 9.17) is 9.47 Å². The molecule has 4 aromatic carbocycles. The van der Waals surface area contributed by atoms with Crippen LogP contribution < -0.4 is 25.2 Å². The molecule has 2 heterocycles. The summed E-state index contributed by atoms with van der Waals surface area (Å²) in [7, 11) is 1.69. The van der Waals surface area contributed by atoms with Crippen LogP contribution in [0.4, 0.5) is 17.1 Å². The Kier molecular flexibility index (Phi) is 9.61. The van der Waals surface area contributed by atoms with Gasteiger partial charge in [0.2, 0.25) is 5.91 Å². The van der Waals surface area contributed by atoms with E-state index < -0.39 is 5.92 Å². The van der Waals surface area contributed by atoms with Crippen LogP contribution in [-0.2, 0) is 9.53 Å². The van der Waals surface area contributed by atoms with Gasteiger partial charge in [0.05, 0.1) is 30.4 Å². The van der Waals surface area contributed by atoms with Crippen LogP contribution in [0.25, 0.3) is 0 Å². The summed E-state index contributed by atoms with van der Waals surface area (Å²) in [4.78, 5) is 32.1. The molecule has 0 aliphatic carbocycles. The van der Waals surface area contributed by atoms with Gasteiger partial charge in [-0.25, -0.2) is 0 Å². The third-order valence-corrected chi connectivity index (χ3v) is 8.60. The van der Waals surface area contributed by atoms with Crippen LogP contribution in [-0.4, -0.2) is 64.4 Å². The largest absolute Gasteiger partial charge is 0.495 e. The molecule has 2 aliphatic rings. The molecule has 232 valence electrons. The molecule has 0 spiro atoms. The van der Waals surface area contributed by atoms with E-state index in [9.17, 15) is 9.59 Å². The smallest absolute Gasteiger partial charge is 0.253 e. The van der Waals surface area contributed by atoms with Gasteiger partial charge in [0.15, 0.2) is 0 Å². The van der Waals surface area contributed by atoms with Gasteiger partial charge < -0.3 is 29.9 Å². The first-order valence-corrected chi connectivity index (χ1v) is 15.7. The molecule has 0 radical (unpaired) electrons. The van der Waals surface area contributed by atoms with Gasteiger partial charge in [-0.05, 0) is 54.3 Å². The van der Waals surface area contributed by atoms with Gasteiger partial charge in [0.1, 0.15) is 5.75 Å². The second kappa shape index (κ2) is 14.3. The van der Waals surface area contributed by atoms with Gasteiger partial charge in [-0.1, -0.05) is 72.8 Å². The Morgan fingerprint density at radius 2 is 1.44 bits per heavy atom. The number of para-hydroxylation sites is 2. The van der Waals surface area contributed by atoms with E-state index in [0.717, 1.165) is 73.9 Å². The molecule has 45 heavy (non-hydrogen) atoms. The number of anilines is 3. The number of rotatable bonds is 10. The van der Waals surface area contributed by atoms with Crippen molar-refractivity contribution in [1.29, 1.82) is 0 Å². The Hall–Kier alpha value is -4.82. The zero-order valence-electron chi connectivity index (χ0n) is 25.7. The number of hydrogen-bond acceptors (Lipinski definition) is 6. The van der Waals surface area contributed by atoms with Crippen molar-refractivity contribution in [2.45, 2.75) is 24.9 Å². The molecule has 2 saturated heterocycles. The topological polar surface area (TPSA) is 83.1 Å². The maximum Gasteiger partial charge on any atom is 0.253 e. The maximum absolute atomic E-state index is 13.8. The molecular formula is C37H40N4O4. The highest BCUT2D eigenvalue weighted by Gasteiger charge is 2.26. The molecule has 8 nitrogen and oxygen atoms in total. The van der Waals surface area contributed by atoms with Crippen LogP contribution in [0.1, 0.15) is 40.2 Å². The van der Waals surface area contributed by atoms with Crippen molar-refractivity contribution in [2.24, 2.45) is 0 Å². The Labute approximate surface area is 265 Å². The summed E-state index contributed by atoms with van der Waals surface area (Å²) in [5.74, 6) is 0.0270. The number of nitrogens with one attached hydrogen (secondary N) is 2. The van der Waals surface area contributed by atoms with Crippen LogP contribution in [0.5, 0.6) is 5.75 Å². The Balaban J connectivity index is 1.24. The maximum atomic E-state index is 13.8. The third kappa shape index (κ3) is 7.13. The lowest BCUT2D eigenvalue weighted by Crippen LogP contribution is -2.47. The highest BCUT2D eigenvalue weighted by molar-refractivity contribution is 6.03. The van der Waals surface area contributed by atoms with E-state index in [1.165, 1.54) is 0 Å². The van der Waals surface area contributed by atoms with Crippen LogP contribution >= 0.6 is 0 Å². The molecule has 6 rings (SSSR count). The summed E-state index contributed by atoms with van der Waals surface area (Å²) >= 11 is 0. The van der Waals surface area contributed by atoms with E-state index in [1.54, 1.807) is 13.2 Å². The first kappa shape index (κ1) is 30.2. The van der Waals surface area contributed by atoms with Gasteiger partial charge >= 0.3 is 0 Å². The minimum absolute atomic E-state index is 0.0298. The molecule has 2 N–H and O–H groups in total. The average Bonchev–Trinajstić information content (AvgIpc) is 3.62. The molecule has 2 amide bonds. The average molecular weight is 605 g/mol. The zero-order chi connectivity index (χ0) is 31.0. The molecule has 1 atom stereocenters. The summed E-state index contributed by atoms with van der Waals surface area (Å²) in [6, 6.07) is 33.2. The van der Waals surface area contributed by atoms with Crippen molar-refractivity contribution >= 4 is 28.9 Å². The Morgan fingerprint density at radius 1 is 0.822 bits per heavy atom. The number of piperazine rings is 1. The van der Waals surface area contributed by atoms with E-state index in [-0.39, 0.29) is 17.9 Å². The second-order valence-electron chi connectivity index (χ2n) is 11.5. The van der Waals surface area contributed by atoms with Crippen molar-refractivity contribution in [2.75, 3.05) is 61.6 Å². The molecule has 0 aromatic heterocycles. The number of hydrogen-bond donors (Lipinski definition) is 2. The van der Waals surface area contributed by atoms with E-state index in [1.807, 2.05) is 91.0 Å². The summed E-state index contributed by atoms with van der Waals surface area (Å²) in [5.41, 5.74) is 4.84. The molecule has 4 aromatic rings. The molecule has 0 bridgehead atoms. The van der Waals surface area contributed by atoms with Crippen molar-refractivity contribution in [3.63, 3.8) is 0 Å². The molecule has 2 fully saturated rings. The minimum atomic E-state index is -0.494. The predicted molar refractivity (Wildman–Crippen MR) is 179 cm³/mol. The number of carbonyl (C=O) groups is 2. The van der Waals surface area contributed by atoms with Crippen LogP contribution in [0.3, 0.4) is 0 Å². The Bertz CT molecular complexity index is 1540. The van der Waals surface area contributed by atoms with Crippen LogP contribution in [0, 0.1) is 0 Å². The van der Waals surface area contributed by atoms with Crippen molar-refractivity contribution in [1.82, 2.24) is 5.32 Å². The summed E-state index contributed by atoms with van der Waals surface area (Å²) in [5, 5.41) is 6.21. The molecule has 2 aliphatic heterocycles. The lowest BCUT2D eigenvalue weighted by atomic mass is 9.90. The van der Waals surface area contributed by atoms with Gasteiger partial charge in [-0.2, -0.15) is 0 Å². The molecular weight excluding hydrogens is 564 g/mol. The highest BCUT2D eigenvalue weighted by atomic mass is 16.5. The minimum Gasteiger partial charge on any atom is -0.495 e. The SMILES string of the molecule is COc1ccccc1N1CCN(c2ccc(NC(=O)C(c3ccccc3)c3ccccc3)cc2C(=O)NCC2CCCO2)CC1. The Morgan fingerprint density at radius 3 is 2.07 bits per heavy atom. The number of amides is 2. The summed E-state index contributed by atoms with van der Waals surface area (Å²) in [6.07, 6.45) is 1.98. The number of nitrogens with zero attached hydrogens (tertiary/aromatic N) is 2. The van der Waals surface area contributed by atoms with Crippen molar-refractivity contribution in [3.8, 4) is 5.75 Å². The van der Waals surface area contributed by atoms with E-state index in [0.29, 0.717) is 17.8 Å². The van der Waals surface area contributed by atoms with Gasteiger partial charge in [-0.15, -0.1) is 0 Å². The standard InChI is InChI=1S/C37H40N4O4/c1-44-34-17-9-8-16-33(34)41-22-20-40(21-23-41)32-19-18-29(25-31(32)36(42)38-26-30-15-10-24-45-30)39-37(43)35(27-11-4-2-5-12-27)28-13-6-3-7-14-28/h2-9,11-14,16-19,25,30,35H,10,15,20-24,26H2,1H3,(H,38,42)(H,39,43). The summed E-state index contributed by atoms with van der Waals surface area (Å²) < 4.78 is 11.3. The fourth-order valence-electron chi connectivity index (χ4n) is 6.26. The number of methoxy groups -OCH3 is 1. The van der Waals surface area contributed by atoms with Crippen molar-refractivity contribution in [3.05, 3.63) is 120 Å². The second-order valence-corrected chi connectivity index (χ2v) is 11.5. The molecule has 0 saturated carbocycles. The quantitative estimate of drug-likeness (QED) is 0.242. The van der Waals surface area contributed by atoms with E-state index in [2.05, 4.69) is 26.5 Å². The van der Waals surface area contributed by atoms with Gasteiger partial charge in [-0.3, -0.25) is 9.59 Å². The van der Waals surface area contributed by atoms with Crippen molar-refractivity contribution < 1.29 is 19.1 Å². The zero-order valence-corrected chi connectivity index (χ0v) is 25.7. The first-order chi connectivity index (χ1) is 22.1. The predicted octanol–water partition coefficient (Wildman–Crippen LogP) is 5.70. The van der Waals surface area contributed by atoms with Gasteiger partial charge in [0.25, 0.3) is 5.91 Å². The molecule has 8 heteroatoms. The van der Waals surface area contributed by atoms with Gasteiger partial charge in [0, 0.05) is 50.7 Å². The first-order valence-electron chi connectivity index (χ1n) is 15.7. The monoisotopic (exact) mass is 604 g/mol. The normalized spacial score (nSPS) is 16.4. The third-order valence-electron chi connectivity index (χ3n) is 8.60. The highest BCUT2D eigenvalue weighted by Crippen LogP contribution is 2.32. The lowest BCUT2D eigenvalue weighted by Gasteiger charge is -2.38. The number of ether oxygens (including phenoxy) is 2. The lowest BCUT2D eigenvalue weighted by molar-refractivity contribution is -0.116. The van der Waals surface area contributed by atoms with Crippen LogP contribution in [0.2, 0.25) is 0 Å². The van der Waals surface area contributed by atoms with Crippen LogP contribution in [0.15, 0.2) is 103 Å². The number of carbonyl (C=O) groups excluding carboxylic acids is 2. The fourth-order valence-corrected chi connectivity index (χ4v) is 6.26. The fraction of sp³-hybridized carbons (Fsp3) is 0.297.